The van der Waals surface area contributed by atoms with Gasteiger partial charge < -0.3 is 14.6 Å². The van der Waals surface area contributed by atoms with Crippen molar-refractivity contribution in [1.82, 2.24) is 0 Å². The van der Waals surface area contributed by atoms with E-state index in [4.69, 9.17) is 9.84 Å². The lowest BCUT2D eigenvalue weighted by Crippen LogP contribution is -2.27. The number of esters is 2. The normalized spacial score (nSPS) is 11.5. The zero-order chi connectivity index (χ0) is 16.4. The fraction of sp³-hybridized carbons (Fsp3) is 0.438. The highest BCUT2D eigenvalue weighted by Crippen LogP contribution is 2.10. The third-order valence-electron chi connectivity index (χ3n) is 3.08. The van der Waals surface area contributed by atoms with E-state index in [9.17, 15) is 14.4 Å². The summed E-state index contributed by atoms with van der Waals surface area (Å²) in [4.78, 5) is 33.6. The van der Waals surface area contributed by atoms with Crippen LogP contribution in [0, 0.1) is 0 Å². The first-order valence-corrected chi connectivity index (χ1v) is 7.06. The van der Waals surface area contributed by atoms with E-state index >= 15 is 0 Å². The van der Waals surface area contributed by atoms with Gasteiger partial charge in [-0.05, 0) is 24.8 Å². The van der Waals surface area contributed by atoms with Crippen molar-refractivity contribution in [3.63, 3.8) is 0 Å². The average Bonchev–Trinajstić information content (AvgIpc) is 2.51. The summed E-state index contributed by atoms with van der Waals surface area (Å²) in [5.41, 5.74) is 0.982. The summed E-state index contributed by atoms with van der Waals surface area (Å²) in [7, 11) is 1.27. The molecule has 0 aromatic heterocycles. The number of hydrogen-bond donors (Lipinski definition) is 1. The van der Waals surface area contributed by atoms with Crippen molar-refractivity contribution in [3.05, 3.63) is 35.9 Å². The maximum atomic E-state index is 11.6. The van der Waals surface area contributed by atoms with E-state index in [1.807, 2.05) is 30.3 Å². The molecule has 1 aromatic carbocycles. The molecule has 22 heavy (non-hydrogen) atoms. The minimum atomic E-state index is -1.18. The first kappa shape index (κ1) is 17.7. The molecular weight excluding hydrogens is 288 g/mol. The summed E-state index contributed by atoms with van der Waals surface area (Å²) in [6.07, 6.45) is -0.0884. The molecule has 0 radical (unpaired) electrons. The van der Waals surface area contributed by atoms with Crippen LogP contribution < -0.4 is 0 Å². The van der Waals surface area contributed by atoms with Crippen LogP contribution in [0.5, 0.6) is 0 Å². The van der Waals surface area contributed by atoms with Crippen LogP contribution >= 0.6 is 0 Å². The molecule has 0 aliphatic heterocycles. The second-order valence-electron chi connectivity index (χ2n) is 4.77. The standard InChI is InChI=1S/C16H20O6/c1-21-14(17)8-5-9-15(18)22-13(16(19)20)11-10-12-6-3-2-4-7-12/h2-4,6-7,13H,5,8-11H2,1H3,(H,19,20). The Morgan fingerprint density at radius 1 is 1.09 bits per heavy atom. The lowest BCUT2D eigenvalue weighted by molar-refractivity contribution is -0.164. The van der Waals surface area contributed by atoms with Crippen LogP contribution in [0.15, 0.2) is 30.3 Å². The van der Waals surface area contributed by atoms with Gasteiger partial charge in [0.25, 0.3) is 0 Å². The average molecular weight is 308 g/mol. The van der Waals surface area contributed by atoms with Crippen molar-refractivity contribution in [3.8, 4) is 0 Å². The number of hydrogen-bond acceptors (Lipinski definition) is 5. The van der Waals surface area contributed by atoms with E-state index in [1.54, 1.807) is 0 Å². The monoisotopic (exact) mass is 308 g/mol. The summed E-state index contributed by atoms with van der Waals surface area (Å²) in [5, 5.41) is 9.10. The van der Waals surface area contributed by atoms with E-state index in [2.05, 4.69) is 4.74 Å². The Morgan fingerprint density at radius 2 is 1.73 bits per heavy atom. The summed E-state index contributed by atoms with van der Waals surface area (Å²) >= 11 is 0. The van der Waals surface area contributed by atoms with Crippen LogP contribution in [0.4, 0.5) is 0 Å². The number of methoxy groups -OCH3 is 1. The first-order chi connectivity index (χ1) is 10.5. The van der Waals surface area contributed by atoms with Crippen molar-refractivity contribution in [2.75, 3.05) is 7.11 Å². The fourth-order valence-corrected chi connectivity index (χ4v) is 1.87. The molecule has 0 heterocycles. The number of aryl methyl sites for hydroxylation is 1. The summed E-state index contributed by atoms with van der Waals surface area (Å²) in [6, 6.07) is 9.38. The smallest absolute Gasteiger partial charge is 0.345 e. The molecule has 120 valence electrons. The molecule has 0 bridgehead atoms. The molecule has 1 rings (SSSR count). The molecule has 1 N–H and O–H groups in total. The van der Waals surface area contributed by atoms with Gasteiger partial charge in [0.1, 0.15) is 0 Å². The number of ether oxygens (including phenoxy) is 2. The van der Waals surface area contributed by atoms with Gasteiger partial charge >= 0.3 is 17.9 Å². The molecule has 6 heteroatoms. The van der Waals surface area contributed by atoms with E-state index in [1.165, 1.54) is 7.11 Å². The summed E-state index contributed by atoms with van der Waals surface area (Å²) in [5.74, 6) is -2.20. The Morgan fingerprint density at radius 3 is 2.32 bits per heavy atom. The highest BCUT2D eigenvalue weighted by atomic mass is 16.6. The largest absolute Gasteiger partial charge is 0.479 e. The van der Waals surface area contributed by atoms with Crippen molar-refractivity contribution < 1.29 is 29.0 Å². The Bertz CT molecular complexity index is 497. The second-order valence-corrected chi connectivity index (χ2v) is 4.77. The molecule has 0 aliphatic carbocycles. The first-order valence-electron chi connectivity index (χ1n) is 7.06. The number of carboxylic acid groups (broad SMARTS) is 1. The zero-order valence-electron chi connectivity index (χ0n) is 12.5. The van der Waals surface area contributed by atoms with Gasteiger partial charge in [0, 0.05) is 12.8 Å². The molecule has 1 unspecified atom stereocenters. The molecule has 0 saturated carbocycles. The van der Waals surface area contributed by atoms with Gasteiger partial charge in [-0.1, -0.05) is 30.3 Å². The highest BCUT2D eigenvalue weighted by Gasteiger charge is 2.22. The Kier molecular flexibility index (Phi) is 7.67. The predicted octanol–water partition coefficient (Wildman–Crippen LogP) is 1.96. The van der Waals surface area contributed by atoms with Gasteiger partial charge in [-0.15, -0.1) is 0 Å². The maximum Gasteiger partial charge on any atom is 0.345 e. The highest BCUT2D eigenvalue weighted by molar-refractivity contribution is 5.78. The molecule has 0 saturated heterocycles. The molecule has 0 spiro atoms. The second kappa shape index (κ2) is 9.55. The van der Waals surface area contributed by atoms with Gasteiger partial charge in [0.05, 0.1) is 7.11 Å². The van der Waals surface area contributed by atoms with Crippen LogP contribution in [0.3, 0.4) is 0 Å². The van der Waals surface area contributed by atoms with Crippen LogP contribution in [-0.2, 0) is 30.3 Å². The Balaban J connectivity index is 2.38. The van der Waals surface area contributed by atoms with Crippen LogP contribution in [0.1, 0.15) is 31.2 Å². The molecule has 6 nitrogen and oxygen atoms in total. The van der Waals surface area contributed by atoms with Gasteiger partial charge in [-0.25, -0.2) is 4.79 Å². The topological polar surface area (TPSA) is 89.9 Å². The van der Waals surface area contributed by atoms with Gasteiger partial charge in [0.15, 0.2) is 6.10 Å². The Labute approximate surface area is 129 Å². The Hall–Kier alpha value is -2.37. The summed E-state index contributed by atoms with van der Waals surface area (Å²) in [6.45, 7) is 0. The van der Waals surface area contributed by atoms with Crippen molar-refractivity contribution in [2.45, 2.75) is 38.2 Å². The number of carbonyl (C=O) groups is 3. The third-order valence-corrected chi connectivity index (χ3v) is 3.08. The quantitative estimate of drug-likeness (QED) is 0.701. The van der Waals surface area contributed by atoms with E-state index in [-0.39, 0.29) is 25.7 Å². The molecule has 0 fully saturated rings. The lowest BCUT2D eigenvalue weighted by atomic mass is 10.1. The zero-order valence-corrected chi connectivity index (χ0v) is 12.5. The van der Waals surface area contributed by atoms with Crippen LogP contribution in [-0.4, -0.2) is 36.2 Å². The number of benzene rings is 1. The van der Waals surface area contributed by atoms with Gasteiger partial charge in [0.2, 0.25) is 0 Å². The SMILES string of the molecule is COC(=O)CCCC(=O)OC(CCc1ccccc1)C(=O)O. The number of carbonyl (C=O) groups excluding carboxylic acids is 2. The lowest BCUT2D eigenvalue weighted by Gasteiger charge is -2.13. The minimum Gasteiger partial charge on any atom is -0.479 e. The fourth-order valence-electron chi connectivity index (χ4n) is 1.87. The maximum absolute atomic E-state index is 11.6. The molecule has 1 aromatic rings. The molecule has 1 atom stereocenters. The van der Waals surface area contributed by atoms with E-state index in [0.29, 0.717) is 6.42 Å². The molecule has 0 amide bonds. The van der Waals surface area contributed by atoms with Crippen molar-refractivity contribution in [2.24, 2.45) is 0 Å². The van der Waals surface area contributed by atoms with Crippen molar-refractivity contribution >= 4 is 17.9 Å². The number of rotatable bonds is 9. The number of aliphatic carboxylic acids is 1. The molecule has 0 aliphatic rings. The number of carboxylic acids is 1. The third kappa shape index (κ3) is 6.88. The summed E-state index contributed by atoms with van der Waals surface area (Å²) < 4.78 is 9.41. The van der Waals surface area contributed by atoms with Gasteiger partial charge in [-0.2, -0.15) is 0 Å². The minimum absolute atomic E-state index is 0.00971. The van der Waals surface area contributed by atoms with Crippen LogP contribution in [0.25, 0.3) is 0 Å². The van der Waals surface area contributed by atoms with E-state index in [0.717, 1.165) is 5.56 Å². The van der Waals surface area contributed by atoms with Crippen molar-refractivity contribution in [1.29, 1.82) is 0 Å². The van der Waals surface area contributed by atoms with Gasteiger partial charge in [-0.3, -0.25) is 9.59 Å². The predicted molar refractivity (Wildman–Crippen MR) is 78.1 cm³/mol. The van der Waals surface area contributed by atoms with E-state index < -0.39 is 24.0 Å². The van der Waals surface area contributed by atoms with Crippen LogP contribution in [0.2, 0.25) is 0 Å². The molecular formula is C16H20O6.